The highest BCUT2D eigenvalue weighted by molar-refractivity contribution is 7.09. The van der Waals surface area contributed by atoms with Crippen molar-refractivity contribution in [2.45, 2.75) is 38.6 Å². The number of halogens is 1. The molecular formula is C17H22FNS. The van der Waals surface area contributed by atoms with E-state index >= 15 is 0 Å². The van der Waals surface area contributed by atoms with Gasteiger partial charge in [0.25, 0.3) is 0 Å². The zero-order chi connectivity index (χ0) is 14.2. The Kier molecular flexibility index (Phi) is 6.22. The second-order valence-corrected chi connectivity index (χ2v) is 6.06. The number of hydrogen-bond donors (Lipinski definition) is 1. The Balaban J connectivity index is 1.90. The van der Waals surface area contributed by atoms with Crippen LogP contribution in [0.3, 0.4) is 0 Å². The van der Waals surface area contributed by atoms with Crippen LogP contribution in [0.5, 0.6) is 0 Å². The molecule has 0 fully saturated rings. The molecule has 0 aliphatic rings. The summed E-state index contributed by atoms with van der Waals surface area (Å²) in [6, 6.07) is 11.5. The second kappa shape index (κ2) is 8.18. The number of hydrogen-bond acceptors (Lipinski definition) is 2. The van der Waals surface area contributed by atoms with Crippen LogP contribution in [0.4, 0.5) is 4.39 Å². The Hall–Kier alpha value is -1.19. The maximum atomic E-state index is 13.0. The molecular weight excluding hydrogens is 269 g/mol. The van der Waals surface area contributed by atoms with Crippen molar-refractivity contribution in [3.05, 3.63) is 58.0 Å². The van der Waals surface area contributed by atoms with Crippen molar-refractivity contribution in [2.75, 3.05) is 6.54 Å². The number of benzene rings is 1. The SMILES string of the molecule is CCCNC(CCCc1cccs1)c1ccc(F)cc1. The minimum absolute atomic E-state index is 0.165. The van der Waals surface area contributed by atoms with Crippen LogP contribution in [-0.4, -0.2) is 6.54 Å². The highest BCUT2D eigenvalue weighted by Crippen LogP contribution is 2.21. The third kappa shape index (κ3) is 4.73. The highest BCUT2D eigenvalue weighted by atomic mass is 32.1. The van der Waals surface area contributed by atoms with Crippen LogP contribution in [0, 0.1) is 5.82 Å². The summed E-state index contributed by atoms with van der Waals surface area (Å²) in [7, 11) is 0. The molecule has 2 aromatic rings. The fraction of sp³-hybridized carbons (Fsp3) is 0.412. The molecule has 1 heterocycles. The molecule has 108 valence electrons. The van der Waals surface area contributed by atoms with Gasteiger partial charge in [-0.15, -0.1) is 11.3 Å². The Morgan fingerprint density at radius 2 is 2.00 bits per heavy atom. The molecule has 2 rings (SSSR count). The van der Waals surface area contributed by atoms with Crippen LogP contribution in [0.15, 0.2) is 41.8 Å². The van der Waals surface area contributed by atoms with Gasteiger partial charge in [0, 0.05) is 10.9 Å². The summed E-state index contributed by atoms with van der Waals surface area (Å²) in [5.41, 5.74) is 1.19. The van der Waals surface area contributed by atoms with Crippen LogP contribution in [0.1, 0.15) is 42.7 Å². The summed E-state index contributed by atoms with van der Waals surface area (Å²) in [5.74, 6) is -0.165. The van der Waals surface area contributed by atoms with E-state index in [4.69, 9.17) is 0 Å². The van der Waals surface area contributed by atoms with Crippen LogP contribution in [0.25, 0.3) is 0 Å². The molecule has 1 N–H and O–H groups in total. The van der Waals surface area contributed by atoms with Crippen molar-refractivity contribution in [1.29, 1.82) is 0 Å². The third-order valence-corrected chi connectivity index (χ3v) is 4.35. The molecule has 0 amide bonds. The van der Waals surface area contributed by atoms with Crippen molar-refractivity contribution in [1.82, 2.24) is 5.32 Å². The molecule has 0 bridgehead atoms. The Morgan fingerprint density at radius 3 is 2.65 bits per heavy atom. The summed E-state index contributed by atoms with van der Waals surface area (Å²) >= 11 is 1.82. The lowest BCUT2D eigenvalue weighted by Gasteiger charge is -2.19. The van der Waals surface area contributed by atoms with Crippen molar-refractivity contribution >= 4 is 11.3 Å². The molecule has 1 aromatic heterocycles. The van der Waals surface area contributed by atoms with Gasteiger partial charge < -0.3 is 5.32 Å². The van der Waals surface area contributed by atoms with E-state index in [1.54, 1.807) is 12.1 Å². The molecule has 0 aliphatic carbocycles. The molecule has 1 unspecified atom stereocenters. The standard InChI is InChI=1S/C17H22FNS/c1-2-12-19-17(14-8-10-15(18)11-9-14)7-3-5-16-6-4-13-20-16/h4,6,8-11,13,17,19H,2-3,5,7,12H2,1H3. The lowest BCUT2D eigenvalue weighted by Crippen LogP contribution is -2.22. The average Bonchev–Trinajstić information content (AvgIpc) is 2.97. The molecule has 1 nitrogen and oxygen atoms in total. The molecule has 1 aromatic carbocycles. The summed E-state index contributed by atoms with van der Waals surface area (Å²) in [6.45, 7) is 3.17. The smallest absolute Gasteiger partial charge is 0.123 e. The second-order valence-electron chi connectivity index (χ2n) is 5.03. The molecule has 3 heteroatoms. The van der Waals surface area contributed by atoms with E-state index in [0.717, 1.165) is 32.2 Å². The van der Waals surface area contributed by atoms with E-state index in [1.165, 1.54) is 10.4 Å². The van der Waals surface area contributed by atoms with Crippen molar-refractivity contribution in [2.24, 2.45) is 0 Å². The first-order chi connectivity index (χ1) is 9.79. The predicted molar refractivity (Wildman–Crippen MR) is 84.7 cm³/mol. The zero-order valence-corrected chi connectivity index (χ0v) is 12.8. The largest absolute Gasteiger partial charge is 0.310 e. The molecule has 0 saturated heterocycles. The maximum absolute atomic E-state index is 13.0. The Bertz CT molecular complexity index is 478. The first-order valence-corrected chi connectivity index (χ1v) is 8.18. The summed E-state index contributed by atoms with van der Waals surface area (Å²) < 4.78 is 13.0. The first kappa shape index (κ1) is 15.2. The summed E-state index contributed by atoms with van der Waals surface area (Å²) in [6.07, 6.45) is 4.48. The fourth-order valence-corrected chi connectivity index (χ4v) is 3.09. The van der Waals surface area contributed by atoms with Gasteiger partial charge in [0.15, 0.2) is 0 Å². The molecule has 1 atom stereocenters. The van der Waals surface area contributed by atoms with Crippen LogP contribution >= 0.6 is 11.3 Å². The summed E-state index contributed by atoms with van der Waals surface area (Å²) in [5, 5.41) is 5.69. The fourth-order valence-electron chi connectivity index (χ4n) is 2.34. The number of aryl methyl sites for hydroxylation is 1. The first-order valence-electron chi connectivity index (χ1n) is 7.31. The number of nitrogens with one attached hydrogen (secondary N) is 1. The normalized spacial score (nSPS) is 12.5. The quantitative estimate of drug-likeness (QED) is 0.725. The minimum atomic E-state index is -0.165. The van der Waals surface area contributed by atoms with Crippen molar-refractivity contribution < 1.29 is 4.39 Å². The average molecular weight is 291 g/mol. The van der Waals surface area contributed by atoms with Gasteiger partial charge in [-0.25, -0.2) is 4.39 Å². The van der Waals surface area contributed by atoms with E-state index in [1.807, 2.05) is 23.5 Å². The zero-order valence-electron chi connectivity index (χ0n) is 11.9. The van der Waals surface area contributed by atoms with Gasteiger partial charge in [0.05, 0.1) is 0 Å². The van der Waals surface area contributed by atoms with Gasteiger partial charge in [0.2, 0.25) is 0 Å². The number of rotatable bonds is 8. The van der Waals surface area contributed by atoms with Gasteiger partial charge in [0.1, 0.15) is 5.82 Å². The van der Waals surface area contributed by atoms with Crippen molar-refractivity contribution in [3.8, 4) is 0 Å². The Morgan fingerprint density at radius 1 is 1.20 bits per heavy atom. The molecule has 0 aliphatic heterocycles. The van der Waals surface area contributed by atoms with Crippen LogP contribution in [-0.2, 0) is 6.42 Å². The molecule has 0 radical (unpaired) electrons. The van der Waals surface area contributed by atoms with Gasteiger partial charge in [-0.1, -0.05) is 25.1 Å². The van der Waals surface area contributed by atoms with Crippen LogP contribution in [0.2, 0.25) is 0 Å². The van der Waals surface area contributed by atoms with Crippen LogP contribution < -0.4 is 5.32 Å². The summed E-state index contributed by atoms with van der Waals surface area (Å²) in [4.78, 5) is 1.44. The molecule has 0 saturated carbocycles. The van der Waals surface area contributed by atoms with E-state index < -0.39 is 0 Å². The molecule has 0 spiro atoms. The topological polar surface area (TPSA) is 12.0 Å². The van der Waals surface area contributed by atoms with Gasteiger partial charge in [-0.2, -0.15) is 0 Å². The lowest BCUT2D eigenvalue weighted by atomic mass is 10.0. The Labute approximate surface area is 124 Å². The maximum Gasteiger partial charge on any atom is 0.123 e. The van der Waals surface area contributed by atoms with Gasteiger partial charge in [-0.3, -0.25) is 0 Å². The van der Waals surface area contributed by atoms with E-state index in [2.05, 4.69) is 29.8 Å². The number of thiophene rings is 1. The highest BCUT2D eigenvalue weighted by Gasteiger charge is 2.10. The van der Waals surface area contributed by atoms with Gasteiger partial charge in [-0.05, 0) is 61.4 Å². The lowest BCUT2D eigenvalue weighted by molar-refractivity contribution is 0.484. The van der Waals surface area contributed by atoms with E-state index in [-0.39, 0.29) is 5.82 Å². The van der Waals surface area contributed by atoms with E-state index in [0.29, 0.717) is 6.04 Å². The predicted octanol–water partition coefficient (Wildman–Crippen LogP) is 4.95. The molecule has 20 heavy (non-hydrogen) atoms. The van der Waals surface area contributed by atoms with E-state index in [9.17, 15) is 4.39 Å². The third-order valence-electron chi connectivity index (χ3n) is 3.41. The minimum Gasteiger partial charge on any atom is -0.310 e. The monoisotopic (exact) mass is 291 g/mol. The van der Waals surface area contributed by atoms with Gasteiger partial charge >= 0.3 is 0 Å². The van der Waals surface area contributed by atoms with Crippen molar-refractivity contribution in [3.63, 3.8) is 0 Å².